The van der Waals surface area contributed by atoms with Gasteiger partial charge in [-0.05, 0) is 23.3 Å². The number of rotatable bonds is 7. The zero-order valence-electron chi connectivity index (χ0n) is 11.2. The summed E-state index contributed by atoms with van der Waals surface area (Å²) in [6.07, 6.45) is 2.78. The van der Waals surface area contributed by atoms with Gasteiger partial charge in [-0.25, -0.2) is 0 Å². The van der Waals surface area contributed by atoms with Crippen molar-refractivity contribution >= 4 is 5.97 Å². The number of nitrogens with one attached hydrogen (secondary N) is 1. The molecule has 0 fully saturated rings. The van der Waals surface area contributed by atoms with Gasteiger partial charge in [0.15, 0.2) is 0 Å². The van der Waals surface area contributed by atoms with Crippen LogP contribution >= 0.6 is 0 Å². The number of nitrogens with zero attached hydrogens (tertiary/aromatic N) is 1. The van der Waals surface area contributed by atoms with E-state index in [1.54, 1.807) is 6.20 Å². The Hall–Kier alpha value is -2.20. The number of pyridine rings is 1. The maximum absolute atomic E-state index is 10.6. The fourth-order valence-electron chi connectivity index (χ4n) is 1.94. The van der Waals surface area contributed by atoms with E-state index in [1.807, 2.05) is 42.5 Å². The first-order valence-corrected chi connectivity index (χ1v) is 6.64. The number of hydrogen-bond donors (Lipinski definition) is 2. The van der Waals surface area contributed by atoms with Crippen LogP contribution in [0.2, 0.25) is 0 Å². The monoisotopic (exact) mass is 270 g/mol. The number of aliphatic carboxylic acids is 1. The molecule has 0 unspecified atom stereocenters. The lowest BCUT2D eigenvalue weighted by molar-refractivity contribution is -0.136. The Bertz CT molecular complexity index is 538. The van der Waals surface area contributed by atoms with Gasteiger partial charge in [-0.3, -0.25) is 9.78 Å². The normalized spacial score (nSPS) is 10.4. The zero-order chi connectivity index (χ0) is 14.2. The first kappa shape index (κ1) is 14.2. The summed E-state index contributed by atoms with van der Waals surface area (Å²) in [6.45, 7) is 1.65. The third-order valence-corrected chi connectivity index (χ3v) is 2.99. The number of carbonyl (C=O) groups is 1. The summed E-state index contributed by atoms with van der Waals surface area (Å²) in [6, 6.07) is 13.6. The maximum Gasteiger partial charge on any atom is 0.307 e. The number of aromatic nitrogens is 1. The summed E-state index contributed by atoms with van der Waals surface area (Å²) >= 11 is 0. The fraction of sp³-hybridized carbons (Fsp3) is 0.250. The van der Waals surface area contributed by atoms with Gasteiger partial charge in [-0.1, -0.05) is 30.3 Å². The molecule has 2 N–H and O–H groups in total. The number of hydrogen-bond acceptors (Lipinski definition) is 3. The standard InChI is InChI=1S/C16H18N2O2/c19-16(20)11-13-4-6-14(7-5-13)12-17-10-8-15-3-1-2-9-18-15/h1-7,9,17H,8,10-12H2,(H,19,20). The van der Waals surface area contributed by atoms with Gasteiger partial charge in [-0.15, -0.1) is 0 Å². The molecule has 2 rings (SSSR count). The maximum atomic E-state index is 10.6. The highest BCUT2D eigenvalue weighted by Gasteiger charge is 2.00. The van der Waals surface area contributed by atoms with E-state index in [0.29, 0.717) is 0 Å². The molecule has 4 nitrogen and oxygen atoms in total. The minimum Gasteiger partial charge on any atom is -0.481 e. The Balaban J connectivity index is 1.73. The van der Waals surface area contributed by atoms with Gasteiger partial charge in [0.25, 0.3) is 0 Å². The van der Waals surface area contributed by atoms with E-state index < -0.39 is 5.97 Å². The highest BCUT2D eigenvalue weighted by atomic mass is 16.4. The van der Waals surface area contributed by atoms with Crippen molar-refractivity contribution in [2.24, 2.45) is 0 Å². The van der Waals surface area contributed by atoms with Crippen molar-refractivity contribution in [1.29, 1.82) is 0 Å². The summed E-state index contributed by atoms with van der Waals surface area (Å²) in [5, 5.41) is 12.1. The molecule has 1 heterocycles. The summed E-state index contributed by atoms with van der Waals surface area (Å²) in [5.41, 5.74) is 3.06. The van der Waals surface area contributed by atoms with Crippen LogP contribution in [0.15, 0.2) is 48.7 Å². The molecular weight excluding hydrogens is 252 g/mol. The van der Waals surface area contributed by atoms with E-state index in [-0.39, 0.29) is 6.42 Å². The number of carboxylic acids is 1. The molecule has 0 aliphatic heterocycles. The van der Waals surface area contributed by atoms with Crippen molar-refractivity contribution in [2.45, 2.75) is 19.4 Å². The molecule has 104 valence electrons. The fourth-order valence-corrected chi connectivity index (χ4v) is 1.94. The highest BCUT2D eigenvalue weighted by Crippen LogP contribution is 2.05. The third-order valence-electron chi connectivity index (χ3n) is 2.99. The molecule has 20 heavy (non-hydrogen) atoms. The Morgan fingerprint density at radius 3 is 2.50 bits per heavy atom. The van der Waals surface area contributed by atoms with Crippen LogP contribution in [-0.2, 0) is 24.2 Å². The second-order valence-electron chi connectivity index (χ2n) is 4.63. The number of benzene rings is 1. The predicted octanol–water partition coefficient (Wildman–Crippen LogP) is 2.04. The van der Waals surface area contributed by atoms with E-state index in [2.05, 4.69) is 10.3 Å². The lowest BCUT2D eigenvalue weighted by atomic mass is 10.1. The molecule has 0 radical (unpaired) electrons. The van der Waals surface area contributed by atoms with Crippen LogP contribution < -0.4 is 5.32 Å². The van der Waals surface area contributed by atoms with Gasteiger partial charge < -0.3 is 10.4 Å². The van der Waals surface area contributed by atoms with Gasteiger partial charge >= 0.3 is 5.97 Å². The van der Waals surface area contributed by atoms with Crippen LogP contribution in [-0.4, -0.2) is 22.6 Å². The third kappa shape index (κ3) is 4.82. The van der Waals surface area contributed by atoms with Crippen LogP contribution in [0.25, 0.3) is 0 Å². The lowest BCUT2D eigenvalue weighted by Gasteiger charge is -2.05. The van der Waals surface area contributed by atoms with Crippen LogP contribution in [0.4, 0.5) is 0 Å². The van der Waals surface area contributed by atoms with E-state index in [9.17, 15) is 4.79 Å². The first-order valence-electron chi connectivity index (χ1n) is 6.64. The largest absolute Gasteiger partial charge is 0.481 e. The quantitative estimate of drug-likeness (QED) is 0.756. The molecular formula is C16H18N2O2. The topological polar surface area (TPSA) is 62.2 Å². The molecule has 0 aliphatic rings. The van der Waals surface area contributed by atoms with Crippen LogP contribution in [0.1, 0.15) is 16.8 Å². The van der Waals surface area contributed by atoms with Crippen molar-refractivity contribution in [2.75, 3.05) is 6.54 Å². The molecule has 1 aromatic carbocycles. The summed E-state index contributed by atoms with van der Waals surface area (Å²) in [5.74, 6) is -0.800. The van der Waals surface area contributed by atoms with E-state index in [1.165, 1.54) is 0 Å². The van der Waals surface area contributed by atoms with Crippen LogP contribution in [0, 0.1) is 0 Å². The average Bonchev–Trinajstić information content (AvgIpc) is 2.46. The smallest absolute Gasteiger partial charge is 0.307 e. The number of carboxylic acid groups (broad SMARTS) is 1. The Kier molecular flexibility index (Phi) is 5.26. The molecule has 0 aliphatic carbocycles. The molecule has 0 spiro atoms. The molecule has 0 atom stereocenters. The van der Waals surface area contributed by atoms with Crippen molar-refractivity contribution in [3.63, 3.8) is 0 Å². The van der Waals surface area contributed by atoms with E-state index in [4.69, 9.17) is 5.11 Å². The molecule has 0 saturated carbocycles. The molecule has 1 aromatic heterocycles. The highest BCUT2D eigenvalue weighted by molar-refractivity contribution is 5.70. The summed E-state index contributed by atoms with van der Waals surface area (Å²) in [4.78, 5) is 14.8. The van der Waals surface area contributed by atoms with Crippen LogP contribution in [0.5, 0.6) is 0 Å². The van der Waals surface area contributed by atoms with Crippen molar-refractivity contribution in [3.8, 4) is 0 Å². The van der Waals surface area contributed by atoms with Gasteiger partial charge in [0.05, 0.1) is 6.42 Å². The molecule has 0 bridgehead atoms. The second kappa shape index (κ2) is 7.40. The Morgan fingerprint density at radius 1 is 1.10 bits per heavy atom. The first-order chi connectivity index (χ1) is 9.74. The lowest BCUT2D eigenvalue weighted by Crippen LogP contribution is -2.17. The molecule has 2 aromatic rings. The molecule has 0 amide bonds. The SMILES string of the molecule is O=C(O)Cc1ccc(CNCCc2ccccn2)cc1. The predicted molar refractivity (Wildman–Crippen MR) is 77.4 cm³/mol. The van der Waals surface area contributed by atoms with Crippen LogP contribution in [0.3, 0.4) is 0 Å². The minimum atomic E-state index is -0.800. The zero-order valence-corrected chi connectivity index (χ0v) is 11.2. The Morgan fingerprint density at radius 2 is 1.85 bits per heavy atom. The molecule has 0 saturated heterocycles. The van der Waals surface area contributed by atoms with Gasteiger partial charge in [0.1, 0.15) is 0 Å². The van der Waals surface area contributed by atoms with Gasteiger partial charge in [0.2, 0.25) is 0 Å². The average molecular weight is 270 g/mol. The Labute approximate surface area is 118 Å². The van der Waals surface area contributed by atoms with E-state index in [0.717, 1.165) is 36.3 Å². The summed E-state index contributed by atoms with van der Waals surface area (Å²) in [7, 11) is 0. The van der Waals surface area contributed by atoms with Crippen molar-refractivity contribution in [1.82, 2.24) is 10.3 Å². The minimum absolute atomic E-state index is 0.0768. The van der Waals surface area contributed by atoms with Crippen molar-refractivity contribution < 1.29 is 9.90 Å². The second-order valence-corrected chi connectivity index (χ2v) is 4.63. The van der Waals surface area contributed by atoms with Gasteiger partial charge in [0, 0.05) is 31.4 Å². The summed E-state index contributed by atoms with van der Waals surface area (Å²) < 4.78 is 0. The molecule has 4 heteroatoms. The van der Waals surface area contributed by atoms with Gasteiger partial charge in [-0.2, -0.15) is 0 Å². The van der Waals surface area contributed by atoms with E-state index >= 15 is 0 Å². The van der Waals surface area contributed by atoms with Crippen molar-refractivity contribution in [3.05, 3.63) is 65.5 Å².